The summed E-state index contributed by atoms with van der Waals surface area (Å²) in [5, 5.41) is 13.5. The van der Waals surface area contributed by atoms with Gasteiger partial charge in [0.25, 0.3) is 0 Å². The maximum absolute atomic E-state index is 9.22. The van der Waals surface area contributed by atoms with Gasteiger partial charge in [-0.25, -0.2) is 0 Å². The molecule has 0 amide bonds. The Morgan fingerprint density at radius 3 is 2.67 bits per heavy atom. The minimum absolute atomic E-state index is 0.263. The van der Waals surface area contributed by atoms with Crippen LogP contribution < -0.4 is 10.1 Å². The van der Waals surface area contributed by atoms with E-state index in [9.17, 15) is 5.11 Å². The molecule has 2 N–H and O–H groups in total. The smallest absolute Gasteiger partial charge is 0.145 e. The lowest BCUT2D eigenvalue weighted by Crippen LogP contribution is -2.11. The van der Waals surface area contributed by atoms with Crippen LogP contribution in [0.5, 0.6) is 11.5 Å². The van der Waals surface area contributed by atoms with E-state index in [4.69, 9.17) is 4.74 Å². The highest BCUT2D eigenvalue weighted by Gasteiger charge is 2.02. The first-order valence-electron chi connectivity index (χ1n) is 6.82. The molecular formula is C17H16N2O2. The fourth-order valence-electron chi connectivity index (χ4n) is 2.13. The van der Waals surface area contributed by atoms with E-state index in [0.717, 1.165) is 22.3 Å². The van der Waals surface area contributed by atoms with Gasteiger partial charge >= 0.3 is 0 Å². The molecule has 1 heterocycles. The predicted octanol–water partition coefficient (Wildman–Crippen LogP) is 3.43. The monoisotopic (exact) mass is 280 g/mol. The molecule has 0 spiro atoms. The van der Waals surface area contributed by atoms with Crippen molar-refractivity contribution in [2.24, 2.45) is 0 Å². The van der Waals surface area contributed by atoms with Crippen molar-refractivity contribution in [3.8, 4) is 11.5 Å². The number of phenolic OH excluding ortho intramolecular Hbond substituents is 1. The number of fused-ring (bicyclic) bond motifs is 1. The van der Waals surface area contributed by atoms with Crippen molar-refractivity contribution in [3.63, 3.8) is 0 Å². The maximum atomic E-state index is 9.22. The molecule has 0 aliphatic heterocycles. The summed E-state index contributed by atoms with van der Waals surface area (Å²) in [7, 11) is 0. The van der Waals surface area contributed by atoms with Gasteiger partial charge < -0.3 is 15.2 Å². The molecule has 0 bridgehead atoms. The van der Waals surface area contributed by atoms with Gasteiger partial charge in [-0.2, -0.15) is 0 Å². The Kier molecular flexibility index (Phi) is 3.87. The van der Waals surface area contributed by atoms with E-state index >= 15 is 0 Å². The Balaban J connectivity index is 1.58. The summed E-state index contributed by atoms with van der Waals surface area (Å²) in [5.74, 6) is 1.05. The second-order valence-corrected chi connectivity index (χ2v) is 4.65. The van der Waals surface area contributed by atoms with Crippen LogP contribution in [0.4, 0.5) is 5.69 Å². The molecule has 0 saturated heterocycles. The molecular weight excluding hydrogens is 264 g/mol. The summed E-state index contributed by atoms with van der Waals surface area (Å²) in [6, 6.07) is 16.8. The molecule has 4 heteroatoms. The average molecular weight is 280 g/mol. The Morgan fingerprint density at radius 1 is 1.00 bits per heavy atom. The number of ether oxygens (including phenoxy) is 1. The quantitative estimate of drug-likeness (QED) is 0.555. The topological polar surface area (TPSA) is 54.4 Å². The molecule has 0 aliphatic carbocycles. The number of nitrogens with one attached hydrogen (secondary N) is 1. The Hall–Kier alpha value is -2.75. The van der Waals surface area contributed by atoms with Gasteiger partial charge in [-0.05, 0) is 36.4 Å². The first kappa shape index (κ1) is 13.2. The van der Waals surface area contributed by atoms with Crippen LogP contribution in [0, 0.1) is 0 Å². The molecule has 0 atom stereocenters. The summed E-state index contributed by atoms with van der Waals surface area (Å²) < 4.78 is 5.79. The molecule has 21 heavy (non-hydrogen) atoms. The van der Waals surface area contributed by atoms with Crippen molar-refractivity contribution in [2.45, 2.75) is 0 Å². The Morgan fingerprint density at radius 2 is 1.81 bits per heavy atom. The van der Waals surface area contributed by atoms with E-state index in [1.54, 1.807) is 18.3 Å². The van der Waals surface area contributed by atoms with Crippen LogP contribution in [0.2, 0.25) is 0 Å². The van der Waals surface area contributed by atoms with Crippen molar-refractivity contribution in [2.75, 3.05) is 18.5 Å². The highest BCUT2D eigenvalue weighted by Crippen LogP contribution is 2.22. The molecule has 4 nitrogen and oxygen atoms in total. The third kappa shape index (κ3) is 3.23. The SMILES string of the molecule is Oc1ccc(NCCOc2cccc3cccnc23)cc1. The van der Waals surface area contributed by atoms with Gasteiger partial charge in [0.1, 0.15) is 23.6 Å². The van der Waals surface area contributed by atoms with Gasteiger partial charge in [0.05, 0.1) is 0 Å². The largest absolute Gasteiger partial charge is 0.508 e. The van der Waals surface area contributed by atoms with Gasteiger partial charge in [0.2, 0.25) is 0 Å². The van der Waals surface area contributed by atoms with E-state index in [1.165, 1.54) is 0 Å². The van der Waals surface area contributed by atoms with Crippen LogP contribution in [0.3, 0.4) is 0 Å². The molecule has 106 valence electrons. The molecule has 0 unspecified atom stereocenters. The number of para-hydroxylation sites is 1. The Labute approximate surface area is 123 Å². The van der Waals surface area contributed by atoms with Gasteiger partial charge in [0.15, 0.2) is 0 Å². The number of aromatic nitrogens is 1. The van der Waals surface area contributed by atoms with E-state index in [-0.39, 0.29) is 5.75 Å². The lowest BCUT2D eigenvalue weighted by Gasteiger charge is -2.10. The summed E-state index contributed by atoms with van der Waals surface area (Å²) in [5.41, 5.74) is 1.83. The van der Waals surface area contributed by atoms with Gasteiger partial charge in [-0.3, -0.25) is 4.98 Å². The summed E-state index contributed by atoms with van der Waals surface area (Å²) in [6.07, 6.45) is 1.77. The van der Waals surface area contributed by atoms with Crippen LogP contribution in [0.25, 0.3) is 10.9 Å². The summed E-state index contributed by atoms with van der Waals surface area (Å²) in [4.78, 5) is 4.35. The van der Waals surface area contributed by atoms with E-state index < -0.39 is 0 Å². The predicted molar refractivity (Wildman–Crippen MR) is 83.8 cm³/mol. The fourth-order valence-corrected chi connectivity index (χ4v) is 2.13. The number of benzene rings is 2. The first-order chi connectivity index (χ1) is 10.3. The zero-order chi connectivity index (χ0) is 14.5. The molecule has 2 aromatic carbocycles. The third-order valence-electron chi connectivity index (χ3n) is 3.15. The van der Waals surface area contributed by atoms with Crippen LogP contribution in [0.1, 0.15) is 0 Å². The van der Waals surface area contributed by atoms with Crippen molar-refractivity contribution >= 4 is 16.6 Å². The number of rotatable bonds is 5. The average Bonchev–Trinajstić information content (AvgIpc) is 2.53. The highest BCUT2D eigenvalue weighted by atomic mass is 16.5. The number of hydrogen-bond acceptors (Lipinski definition) is 4. The van der Waals surface area contributed by atoms with Crippen LogP contribution >= 0.6 is 0 Å². The lowest BCUT2D eigenvalue weighted by molar-refractivity contribution is 0.336. The van der Waals surface area contributed by atoms with Crippen molar-refractivity contribution in [1.82, 2.24) is 4.98 Å². The normalized spacial score (nSPS) is 10.5. The zero-order valence-electron chi connectivity index (χ0n) is 11.5. The molecule has 3 rings (SSSR count). The molecule has 3 aromatic rings. The number of phenols is 1. The van der Waals surface area contributed by atoms with Crippen molar-refractivity contribution in [1.29, 1.82) is 0 Å². The zero-order valence-corrected chi connectivity index (χ0v) is 11.5. The minimum Gasteiger partial charge on any atom is -0.508 e. The molecule has 1 aromatic heterocycles. The van der Waals surface area contributed by atoms with E-state index in [0.29, 0.717) is 13.2 Å². The second-order valence-electron chi connectivity index (χ2n) is 4.65. The molecule has 0 fully saturated rings. The minimum atomic E-state index is 0.263. The van der Waals surface area contributed by atoms with Gasteiger partial charge in [-0.1, -0.05) is 18.2 Å². The van der Waals surface area contributed by atoms with Crippen molar-refractivity contribution in [3.05, 3.63) is 60.8 Å². The standard InChI is InChI=1S/C17H16N2O2/c20-15-8-6-14(7-9-15)18-11-12-21-16-5-1-3-13-4-2-10-19-17(13)16/h1-10,18,20H,11-12H2. The van der Waals surface area contributed by atoms with E-state index in [2.05, 4.69) is 10.3 Å². The number of hydrogen-bond donors (Lipinski definition) is 2. The van der Waals surface area contributed by atoms with Crippen LogP contribution in [-0.2, 0) is 0 Å². The van der Waals surface area contributed by atoms with E-state index in [1.807, 2.05) is 42.5 Å². The number of nitrogens with zero attached hydrogens (tertiary/aromatic N) is 1. The van der Waals surface area contributed by atoms with Crippen molar-refractivity contribution < 1.29 is 9.84 Å². The molecule has 0 aliphatic rings. The number of aromatic hydroxyl groups is 1. The fraction of sp³-hybridized carbons (Fsp3) is 0.118. The number of pyridine rings is 1. The number of anilines is 1. The maximum Gasteiger partial charge on any atom is 0.145 e. The van der Waals surface area contributed by atoms with Crippen LogP contribution in [-0.4, -0.2) is 23.2 Å². The second kappa shape index (κ2) is 6.13. The molecule has 0 radical (unpaired) electrons. The lowest BCUT2D eigenvalue weighted by atomic mass is 10.2. The summed E-state index contributed by atoms with van der Waals surface area (Å²) in [6.45, 7) is 1.21. The van der Waals surface area contributed by atoms with Crippen LogP contribution in [0.15, 0.2) is 60.8 Å². The first-order valence-corrected chi connectivity index (χ1v) is 6.82. The highest BCUT2D eigenvalue weighted by molar-refractivity contribution is 5.84. The Bertz CT molecular complexity index is 721. The molecule has 0 saturated carbocycles. The third-order valence-corrected chi connectivity index (χ3v) is 3.15. The summed E-state index contributed by atoms with van der Waals surface area (Å²) >= 11 is 0. The van der Waals surface area contributed by atoms with Gasteiger partial charge in [-0.15, -0.1) is 0 Å². The van der Waals surface area contributed by atoms with Gasteiger partial charge in [0, 0.05) is 23.8 Å².